The van der Waals surface area contributed by atoms with Gasteiger partial charge in [-0.1, -0.05) is 29.4 Å². The second-order valence-corrected chi connectivity index (χ2v) is 9.90. The van der Waals surface area contributed by atoms with Crippen molar-refractivity contribution in [2.75, 3.05) is 19.7 Å². The van der Waals surface area contributed by atoms with Gasteiger partial charge in [0.2, 0.25) is 17.6 Å². The molecule has 35 heavy (non-hydrogen) atoms. The quantitative estimate of drug-likeness (QED) is 0.678. The molecule has 1 saturated heterocycles. The van der Waals surface area contributed by atoms with E-state index in [-0.39, 0.29) is 30.0 Å². The fraction of sp³-hybridized carbons (Fsp3) is 0.481. The molecule has 0 saturated carbocycles. The SMILES string of the molecule is CC(C)OC1=C(C#N)CC(c2nc(-c3cccc4c3CCC43CCC(=O)N(CCO)C3)no2)C=C1. The maximum absolute atomic E-state index is 12.3. The summed E-state index contributed by atoms with van der Waals surface area (Å²) in [5.74, 6) is 1.57. The highest BCUT2D eigenvalue weighted by Crippen LogP contribution is 2.47. The van der Waals surface area contributed by atoms with Gasteiger partial charge in [-0.15, -0.1) is 0 Å². The van der Waals surface area contributed by atoms with Crippen LogP contribution in [0.1, 0.15) is 62.5 Å². The summed E-state index contributed by atoms with van der Waals surface area (Å²) < 4.78 is 11.4. The molecule has 5 rings (SSSR count). The minimum atomic E-state index is -0.176. The van der Waals surface area contributed by atoms with Gasteiger partial charge >= 0.3 is 0 Å². The van der Waals surface area contributed by atoms with E-state index >= 15 is 0 Å². The molecule has 1 amide bonds. The van der Waals surface area contributed by atoms with Crippen molar-refractivity contribution in [3.05, 3.63) is 58.7 Å². The number of carbonyl (C=O) groups excluding carboxylic acids is 1. The van der Waals surface area contributed by atoms with Gasteiger partial charge in [0.05, 0.1) is 30.3 Å². The van der Waals surface area contributed by atoms with Crippen molar-refractivity contribution < 1.29 is 19.2 Å². The number of benzene rings is 1. The molecule has 2 unspecified atom stereocenters. The highest BCUT2D eigenvalue weighted by molar-refractivity contribution is 5.78. The number of hydrogen-bond acceptors (Lipinski definition) is 7. The molecule has 1 aromatic carbocycles. The van der Waals surface area contributed by atoms with E-state index in [9.17, 15) is 15.2 Å². The first-order valence-corrected chi connectivity index (χ1v) is 12.3. The van der Waals surface area contributed by atoms with Crippen LogP contribution in [0.25, 0.3) is 11.4 Å². The summed E-state index contributed by atoms with van der Waals surface area (Å²) in [7, 11) is 0. The third-order valence-electron chi connectivity index (χ3n) is 7.33. The number of aromatic nitrogens is 2. The number of nitriles is 1. The van der Waals surface area contributed by atoms with Crippen LogP contribution >= 0.6 is 0 Å². The number of fused-ring (bicyclic) bond motifs is 2. The Kier molecular flexibility index (Phi) is 6.20. The molecule has 8 heteroatoms. The van der Waals surface area contributed by atoms with Crippen molar-refractivity contribution in [2.45, 2.75) is 63.4 Å². The van der Waals surface area contributed by atoms with E-state index in [1.54, 1.807) is 4.90 Å². The third-order valence-corrected chi connectivity index (χ3v) is 7.33. The zero-order valence-electron chi connectivity index (χ0n) is 20.2. The summed E-state index contributed by atoms with van der Waals surface area (Å²) in [6, 6.07) is 8.46. The number of ether oxygens (including phenoxy) is 1. The van der Waals surface area contributed by atoms with Crippen LogP contribution in [-0.2, 0) is 21.4 Å². The molecule has 0 radical (unpaired) electrons. The van der Waals surface area contributed by atoms with E-state index in [1.807, 2.05) is 38.1 Å². The molecule has 2 aliphatic carbocycles. The van der Waals surface area contributed by atoms with Crippen molar-refractivity contribution in [1.29, 1.82) is 5.26 Å². The molecule has 3 aliphatic rings. The van der Waals surface area contributed by atoms with Crippen LogP contribution in [0.15, 0.2) is 46.2 Å². The molecule has 1 aliphatic heterocycles. The maximum Gasteiger partial charge on any atom is 0.234 e. The van der Waals surface area contributed by atoms with Gasteiger partial charge in [0.1, 0.15) is 5.76 Å². The summed E-state index contributed by atoms with van der Waals surface area (Å²) in [5, 5.41) is 23.3. The fourth-order valence-corrected chi connectivity index (χ4v) is 5.67. The van der Waals surface area contributed by atoms with E-state index < -0.39 is 0 Å². The lowest BCUT2D eigenvalue weighted by Crippen LogP contribution is -2.48. The number of carbonyl (C=O) groups is 1. The zero-order valence-corrected chi connectivity index (χ0v) is 20.2. The first-order chi connectivity index (χ1) is 16.9. The Bertz CT molecular complexity index is 1240. The van der Waals surface area contributed by atoms with Crippen molar-refractivity contribution in [3.63, 3.8) is 0 Å². The molecular weight excluding hydrogens is 444 g/mol. The summed E-state index contributed by atoms with van der Waals surface area (Å²) in [6.07, 6.45) is 7.39. The van der Waals surface area contributed by atoms with E-state index in [1.165, 1.54) is 11.1 Å². The summed E-state index contributed by atoms with van der Waals surface area (Å²) >= 11 is 0. The lowest BCUT2D eigenvalue weighted by atomic mass is 9.74. The standard InChI is InChI=1S/C27H30N4O4/c1-17(2)34-23-7-6-18(14-19(23)15-28)26-29-25(30-35-26)21-4-3-5-22-20(21)8-10-27(22)11-9-24(33)31(16-27)12-13-32/h3-7,17-18,32H,8-14,16H2,1-2H3. The lowest BCUT2D eigenvalue weighted by molar-refractivity contribution is -0.136. The summed E-state index contributed by atoms with van der Waals surface area (Å²) in [6.45, 7) is 4.86. The number of allylic oxidation sites excluding steroid dienone is 3. The van der Waals surface area contributed by atoms with Gasteiger partial charge in [0, 0.05) is 36.9 Å². The van der Waals surface area contributed by atoms with Gasteiger partial charge in [-0.05, 0) is 50.3 Å². The molecule has 1 aromatic heterocycles. The van der Waals surface area contributed by atoms with Crippen molar-refractivity contribution in [3.8, 4) is 17.5 Å². The highest BCUT2D eigenvalue weighted by Gasteiger charge is 2.45. The van der Waals surface area contributed by atoms with Crippen LogP contribution in [0.5, 0.6) is 0 Å². The number of aliphatic hydroxyl groups excluding tert-OH is 1. The van der Waals surface area contributed by atoms with E-state index in [2.05, 4.69) is 17.3 Å². The van der Waals surface area contributed by atoms with Gasteiger partial charge < -0.3 is 19.3 Å². The van der Waals surface area contributed by atoms with E-state index in [4.69, 9.17) is 14.2 Å². The largest absolute Gasteiger partial charge is 0.490 e. The van der Waals surface area contributed by atoms with Gasteiger partial charge in [-0.2, -0.15) is 10.2 Å². The number of β-amino-alcohol motifs (C(OH)–C–C–N with tert-alkyl or cyclic N) is 1. The second kappa shape index (κ2) is 9.31. The van der Waals surface area contributed by atoms with Crippen LogP contribution in [0.3, 0.4) is 0 Å². The summed E-state index contributed by atoms with van der Waals surface area (Å²) in [5.41, 5.74) is 3.90. The van der Waals surface area contributed by atoms with Gasteiger partial charge in [-0.25, -0.2) is 0 Å². The lowest BCUT2D eigenvalue weighted by Gasteiger charge is -2.41. The second-order valence-electron chi connectivity index (χ2n) is 9.90. The predicted octanol–water partition coefficient (Wildman–Crippen LogP) is 3.78. The Labute approximate surface area is 204 Å². The number of amides is 1. The Morgan fingerprint density at radius 1 is 1.34 bits per heavy atom. The first kappa shape index (κ1) is 23.3. The smallest absolute Gasteiger partial charge is 0.234 e. The fourth-order valence-electron chi connectivity index (χ4n) is 5.67. The Hall–Kier alpha value is -3.44. The number of nitrogens with zero attached hydrogens (tertiary/aromatic N) is 4. The first-order valence-electron chi connectivity index (χ1n) is 12.3. The summed E-state index contributed by atoms with van der Waals surface area (Å²) in [4.78, 5) is 18.9. The average molecular weight is 475 g/mol. The highest BCUT2D eigenvalue weighted by atomic mass is 16.5. The Morgan fingerprint density at radius 3 is 2.94 bits per heavy atom. The van der Waals surface area contributed by atoms with Crippen LogP contribution < -0.4 is 0 Å². The minimum absolute atomic E-state index is 0.00831. The molecule has 1 fully saturated rings. The van der Waals surface area contributed by atoms with Gasteiger partial charge in [0.15, 0.2) is 0 Å². The molecule has 0 bridgehead atoms. The van der Waals surface area contributed by atoms with Gasteiger partial charge in [0.25, 0.3) is 0 Å². The molecule has 2 atom stereocenters. The van der Waals surface area contributed by atoms with Crippen molar-refractivity contribution >= 4 is 5.91 Å². The zero-order chi connectivity index (χ0) is 24.6. The molecular formula is C27H30N4O4. The number of aliphatic hydroxyl groups is 1. The molecule has 1 spiro atoms. The van der Waals surface area contributed by atoms with Crippen LogP contribution in [0, 0.1) is 11.3 Å². The van der Waals surface area contributed by atoms with Crippen molar-refractivity contribution in [2.24, 2.45) is 0 Å². The van der Waals surface area contributed by atoms with Crippen LogP contribution in [0.4, 0.5) is 0 Å². The number of hydrogen-bond donors (Lipinski definition) is 1. The maximum atomic E-state index is 12.3. The molecule has 2 aromatic rings. The van der Waals surface area contributed by atoms with E-state index in [0.29, 0.717) is 49.0 Å². The van der Waals surface area contributed by atoms with Crippen LogP contribution in [-0.4, -0.2) is 51.9 Å². The average Bonchev–Trinajstić information content (AvgIpc) is 3.48. The Balaban J connectivity index is 1.40. The topological polar surface area (TPSA) is 112 Å². The van der Waals surface area contributed by atoms with Crippen LogP contribution in [0.2, 0.25) is 0 Å². The minimum Gasteiger partial charge on any atom is -0.490 e. The van der Waals surface area contributed by atoms with Gasteiger partial charge in [-0.3, -0.25) is 4.79 Å². The van der Waals surface area contributed by atoms with Crippen molar-refractivity contribution in [1.82, 2.24) is 15.0 Å². The molecule has 8 nitrogen and oxygen atoms in total. The number of piperidine rings is 1. The normalized spacial score (nSPS) is 23.8. The number of likely N-dealkylation sites (tertiary alicyclic amines) is 1. The molecule has 1 N–H and O–H groups in total. The van der Waals surface area contributed by atoms with E-state index in [0.717, 1.165) is 24.8 Å². The predicted molar refractivity (Wildman–Crippen MR) is 128 cm³/mol. The molecule has 2 heterocycles. The Morgan fingerprint density at radius 2 is 2.17 bits per heavy atom. The number of rotatable bonds is 6. The third kappa shape index (κ3) is 4.25. The monoisotopic (exact) mass is 474 g/mol. The molecule has 182 valence electrons.